The molecule has 7 rings (SSSR count). The smallest absolute Gasteiger partial charge is 0.386 e. The van der Waals surface area contributed by atoms with E-state index in [1.807, 2.05) is 0 Å². The molecule has 3 fully saturated rings. The highest BCUT2D eigenvalue weighted by Crippen LogP contribution is 2.57. The zero-order valence-corrected chi connectivity index (χ0v) is 24.4. The average molecular weight is 659 g/mol. The molecule has 2 unspecified atom stereocenters. The summed E-state index contributed by atoms with van der Waals surface area (Å²) in [5.41, 5.74) is 4.81. The highest BCUT2D eigenvalue weighted by atomic mass is 32.7. The third kappa shape index (κ3) is 5.24. The van der Waals surface area contributed by atoms with Crippen molar-refractivity contribution >= 4 is 55.6 Å². The van der Waals surface area contributed by atoms with Crippen LogP contribution in [-0.2, 0) is 36.7 Å². The van der Waals surface area contributed by atoms with E-state index in [1.165, 1.54) is 21.8 Å². The normalized spacial score (nSPS) is 35.4. The summed E-state index contributed by atoms with van der Waals surface area (Å²) in [6, 6.07) is 0. The number of anilines is 1. The first-order valence-electron chi connectivity index (χ1n) is 12.7. The van der Waals surface area contributed by atoms with E-state index in [9.17, 15) is 23.8 Å². The number of aliphatic hydroxyl groups is 1. The Hall–Kier alpha value is -2.97. The van der Waals surface area contributed by atoms with Gasteiger partial charge in [0.25, 0.3) is 11.1 Å². The third-order valence-electron chi connectivity index (χ3n) is 7.11. The van der Waals surface area contributed by atoms with Crippen molar-refractivity contribution < 1.29 is 41.8 Å². The van der Waals surface area contributed by atoms with Crippen LogP contribution in [-0.4, -0.2) is 87.9 Å². The van der Waals surface area contributed by atoms with Crippen LogP contribution >= 0.6 is 27.3 Å². The fourth-order valence-corrected chi connectivity index (χ4v) is 7.64. The quantitative estimate of drug-likeness (QED) is 0.136. The molecule has 3 saturated heterocycles. The van der Waals surface area contributed by atoms with Crippen LogP contribution < -0.4 is 16.9 Å². The summed E-state index contributed by atoms with van der Waals surface area (Å²) in [6.45, 7) is -4.90. The zero-order valence-electron chi connectivity index (χ0n) is 21.6. The fraction of sp³-hybridized carbons (Fsp3) is 0.500. The number of ether oxygens (including phenoxy) is 2. The molecule has 3 aliphatic rings. The maximum atomic E-state index is 13.4. The summed E-state index contributed by atoms with van der Waals surface area (Å²) in [7, 11) is -3.27. The van der Waals surface area contributed by atoms with Gasteiger partial charge in [-0.25, -0.2) is 19.5 Å². The molecule has 0 aromatic carbocycles. The average Bonchev–Trinajstić information content (AvgIpc) is 3.72. The molecule has 0 saturated carbocycles. The number of nitrogens with one attached hydrogen (secondary N) is 2. The molecule has 0 radical (unpaired) electrons. The molecule has 20 nitrogen and oxygen atoms in total. The lowest BCUT2D eigenvalue weighted by molar-refractivity contribution is -0.0568. The van der Waals surface area contributed by atoms with Crippen molar-refractivity contribution in [3.05, 3.63) is 39.7 Å². The van der Waals surface area contributed by atoms with Gasteiger partial charge in [0.15, 0.2) is 34.8 Å². The number of aliphatic hydroxyl groups excluding tert-OH is 1. The maximum absolute atomic E-state index is 13.4. The van der Waals surface area contributed by atoms with Crippen molar-refractivity contribution in [3.63, 3.8) is 0 Å². The molecule has 4 aromatic heterocycles. The predicted octanol–water partition coefficient (Wildman–Crippen LogP) is -0.374. The lowest BCUT2D eigenvalue weighted by atomic mass is 10.1. The van der Waals surface area contributed by atoms with Gasteiger partial charge in [-0.2, -0.15) is 4.98 Å². The van der Waals surface area contributed by atoms with Gasteiger partial charge in [0.2, 0.25) is 5.95 Å². The largest absolute Gasteiger partial charge is 0.386 e. The second-order valence-electron chi connectivity index (χ2n) is 9.82. The van der Waals surface area contributed by atoms with E-state index in [0.29, 0.717) is 0 Å². The first-order valence-corrected chi connectivity index (χ1v) is 16.6. The Balaban J connectivity index is 1.17. The van der Waals surface area contributed by atoms with Gasteiger partial charge < -0.3 is 34.3 Å². The summed E-state index contributed by atoms with van der Waals surface area (Å²) in [6.07, 6.45) is -4.11. The van der Waals surface area contributed by atoms with Crippen molar-refractivity contribution in [2.75, 3.05) is 18.9 Å². The minimum absolute atomic E-state index is 0.000900. The number of aromatic amines is 2. The van der Waals surface area contributed by atoms with Crippen LogP contribution in [0.25, 0.3) is 22.3 Å². The highest BCUT2D eigenvalue weighted by molar-refractivity contribution is 8.44. The van der Waals surface area contributed by atoms with Gasteiger partial charge in [-0.3, -0.25) is 37.3 Å². The number of nitrogens with zero attached hydrogens (tertiary/aromatic N) is 6. The monoisotopic (exact) mass is 659 g/mol. The Morgan fingerprint density at radius 3 is 2.58 bits per heavy atom. The van der Waals surface area contributed by atoms with Gasteiger partial charge in [-0.1, -0.05) is 12.2 Å². The Bertz CT molecular complexity index is 1900. The lowest BCUT2D eigenvalue weighted by Crippen LogP contribution is -2.35. The van der Waals surface area contributed by atoms with Crippen LogP contribution in [0.2, 0.25) is 0 Å². The Morgan fingerprint density at radius 2 is 1.79 bits per heavy atom. The van der Waals surface area contributed by atoms with E-state index < -0.39 is 75.8 Å². The summed E-state index contributed by atoms with van der Waals surface area (Å²) in [5.74, 6) is -0.159. The molecule has 0 aliphatic carbocycles. The summed E-state index contributed by atoms with van der Waals surface area (Å²) < 4.78 is 63.4. The van der Waals surface area contributed by atoms with E-state index in [2.05, 4.69) is 42.2 Å². The standard InChI is InChI=1S/C20H23N9O11P2S/c21-20-26-15-11(17(32)27-20)25-6-29(15)18-8-1-7(37-18)2-35-41(33)39-13-9(3-36-42(34,43)40-8)38-19(12(13)30)28-5-24-10-14(28)22-4-23-16(10)31/h4-9,12-13,18-19,30,41H,1-3H2,(H,34,43)(H,22,23,31)(H3,21,26,27,32)/t7-,8+,9+,12+,13+,18+,19+,42?/m0/s1. The number of thiol groups is 1. The highest BCUT2D eigenvalue weighted by Gasteiger charge is 2.49. The molecule has 2 bridgehead atoms. The topological polar surface area (TPSA) is 263 Å². The van der Waals surface area contributed by atoms with Crippen molar-refractivity contribution in [1.29, 1.82) is 0 Å². The number of hydrogen-bond donors (Lipinski definition) is 5. The molecule has 3 aliphatic heterocycles. The molecule has 43 heavy (non-hydrogen) atoms. The molecule has 0 spiro atoms. The van der Waals surface area contributed by atoms with Crippen LogP contribution in [0.1, 0.15) is 18.9 Å². The van der Waals surface area contributed by atoms with E-state index in [4.69, 9.17) is 33.3 Å². The minimum atomic E-state index is -4.16. The lowest BCUT2D eigenvalue weighted by Gasteiger charge is -2.25. The van der Waals surface area contributed by atoms with E-state index in [0.717, 1.165) is 6.33 Å². The number of imidazole rings is 2. The SMILES string of the molecule is Nc1nc2c(ncn2[C@@H]2O[C@@H]3CO[PH](=O)O[C@H]4[C@@H](O)[C@H](n5cnc6c(=O)[nH]cnc65)O[C@@H]4COP(=O)(S)O[C@@H]2C3)c(=O)[nH]1. The Labute approximate surface area is 244 Å². The Kier molecular flexibility index (Phi) is 7.28. The first kappa shape index (κ1) is 28.8. The van der Waals surface area contributed by atoms with Gasteiger partial charge in [0.05, 0.1) is 38.3 Å². The van der Waals surface area contributed by atoms with Crippen molar-refractivity contribution in [3.8, 4) is 0 Å². The number of hydrogen-bond acceptors (Lipinski definition) is 16. The van der Waals surface area contributed by atoms with E-state index in [-0.39, 0.29) is 41.3 Å². The number of nitrogen functional groups attached to an aromatic ring is 1. The third-order valence-corrected chi connectivity index (χ3v) is 9.62. The molecule has 5 N–H and O–H groups in total. The molecule has 9 atom stereocenters. The number of nitrogens with two attached hydrogens (primary N) is 1. The number of aromatic nitrogens is 8. The van der Waals surface area contributed by atoms with Crippen molar-refractivity contribution in [1.82, 2.24) is 39.0 Å². The fourth-order valence-electron chi connectivity index (χ4n) is 5.25. The molecule has 0 amide bonds. The number of fused-ring (bicyclic) bond motifs is 5. The predicted molar refractivity (Wildman–Crippen MR) is 146 cm³/mol. The molecule has 7 heterocycles. The van der Waals surface area contributed by atoms with Crippen LogP contribution in [0.3, 0.4) is 0 Å². The van der Waals surface area contributed by atoms with Crippen LogP contribution in [0, 0.1) is 0 Å². The molecule has 23 heteroatoms. The van der Waals surface area contributed by atoms with E-state index in [1.54, 1.807) is 0 Å². The van der Waals surface area contributed by atoms with Gasteiger partial charge in [0.1, 0.15) is 24.4 Å². The van der Waals surface area contributed by atoms with Crippen molar-refractivity contribution in [2.24, 2.45) is 0 Å². The molecule has 230 valence electrons. The van der Waals surface area contributed by atoms with Gasteiger partial charge >= 0.3 is 15.1 Å². The van der Waals surface area contributed by atoms with Crippen LogP contribution in [0.4, 0.5) is 5.95 Å². The van der Waals surface area contributed by atoms with E-state index >= 15 is 0 Å². The molecule has 4 aromatic rings. The first-order chi connectivity index (χ1) is 20.6. The Morgan fingerprint density at radius 1 is 1.05 bits per heavy atom. The molecular weight excluding hydrogens is 636 g/mol. The second kappa shape index (κ2) is 10.9. The number of H-pyrrole nitrogens is 2. The summed E-state index contributed by atoms with van der Waals surface area (Å²) in [5, 5.41) is 11.1. The van der Waals surface area contributed by atoms with Crippen LogP contribution in [0.15, 0.2) is 28.6 Å². The molecular formula is C20H23N9O11P2S. The summed E-state index contributed by atoms with van der Waals surface area (Å²) in [4.78, 5) is 45.4. The van der Waals surface area contributed by atoms with Crippen molar-refractivity contribution in [2.45, 2.75) is 49.4 Å². The van der Waals surface area contributed by atoms with Gasteiger partial charge in [0, 0.05) is 6.42 Å². The van der Waals surface area contributed by atoms with Gasteiger partial charge in [-0.05, 0) is 0 Å². The second-order valence-corrected chi connectivity index (χ2v) is 13.7. The van der Waals surface area contributed by atoms with Crippen LogP contribution in [0.5, 0.6) is 0 Å². The summed E-state index contributed by atoms with van der Waals surface area (Å²) >= 11 is 4.13. The zero-order chi connectivity index (χ0) is 30.0. The van der Waals surface area contributed by atoms with Gasteiger partial charge in [-0.15, -0.1) is 0 Å². The number of rotatable bonds is 2. The maximum Gasteiger partial charge on any atom is 0.386 e. The minimum Gasteiger partial charge on any atom is -0.386 e.